The van der Waals surface area contributed by atoms with Gasteiger partial charge in [-0.25, -0.2) is 9.59 Å². The molecule has 3 aromatic rings. The van der Waals surface area contributed by atoms with E-state index in [-0.39, 0.29) is 23.6 Å². The fraction of sp³-hybridized carbons (Fsp3) is 0.455. The van der Waals surface area contributed by atoms with Crippen LogP contribution in [0.2, 0.25) is 0 Å². The van der Waals surface area contributed by atoms with Gasteiger partial charge < -0.3 is 45.4 Å². The molecule has 0 radical (unpaired) electrons. The van der Waals surface area contributed by atoms with E-state index in [1.54, 1.807) is 11.8 Å². The summed E-state index contributed by atoms with van der Waals surface area (Å²) in [5, 5.41) is 11.2. The Morgan fingerprint density at radius 2 is 1.14 bits per heavy atom. The Morgan fingerprint density at radius 1 is 0.678 bits per heavy atom. The second kappa shape index (κ2) is 20.0. The van der Waals surface area contributed by atoms with E-state index in [0.717, 1.165) is 16.8 Å². The summed E-state index contributed by atoms with van der Waals surface area (Å²) in [4.78, 5) is 82.9. The van der Waals surface area contributed by atoms with E-state index < -0.39 is 41.8 Å². The van der Waals surface area contributed by atoms with E-state index in [1.807, 2.05) is 99.6 Å². The van der Waals surface area contributed by atoms with E-state index in [9.17, 15) is 28.8 Å². The van der Waals surface area contributed by atoms with Gasteiger partial charge in [0.05, 0.1) is 14.2 Å². The molecule has 0 unspecified atom stereocenters. The third-order valence-corrected chi connectivity index (χ3v) is 10.7. The van der Waals surface area contributed by atoms with Crippen LogP contribution in [0.1, 0.15) is 70.9 Å². The summed E-state index contributed by atoms with van der Waals surface area (Å²) in [7, 11) is 2.49. The van der Waals surface area contributed by atoms with Crippen molar-refractivity contribution in [3.63, 3.8) is 0 Å². The molecular weight excluding hydrogens is 755 g/mol. The predicted octanol–water partition coefficient (Wildman–Crippen LogP) is 5.66. The Balaban J connectivity index is 1.20. The lowest BCUT2D eigenvalue weighted by Gasteiger charge is -2.35. The maximum atomic E-state index is 13.6. The highest BCUT2D eigenvalue weighted by molar-refractivity contribution is 5.99. The van der Waals surface area contributed by atoms with Crippen molar-refractivity contribution in [2.45, 2.75) is 97.1 Å². The van der Waals surface area contributed by atoms with Gasteiger partial charge in [-0.05, 0) is 85.0 Å². The molecule has 316 valence electrons. The first-order chi connectivity index (χ1) is 28.2. The highest BCUT2D eigenvalue weighted by Crippen LogP contribution is 2.28. The zero-order valence-corrected chi connectivity index (χ0v) is 34.8. The number of rotatable bonds is 14. The number of likely N-dealkylation sites (tertiary alicyclic amines) is 2. The summed E-state index contributed by atoms with van der Waals surface area (Å²) in [5.74, 6) is -1.19. The largest absolute Gasteiger partial charge is 0.453 e. The number of ether oxygens (including phenoxy) is 2. The van der Waals surface area contributed by atoms with Gasteiger partial charge in [-0.2, -0.15) is 0 Å². The quantitative estimate of drug-likeness (QED) is 0.160. The van der Waals surface area contributed by atoms with Gasteiger partial charge in [0, 0.05) is 43.2 Å². The number of alkyl carbamates (subject to hydrolysis) is 2. The fourth-order valence-corrected chi connectivity index (χ4v) is 7.49. The first kappa shape index (κ1) is 44.0. The molecule has 2 aliphatic heterocycles. The SMILES string of the molecule is CC[C@H](NC(=O)OC)C(=O)N1CCC[C@H]1C(=O)Nc1ccc(CN(Cc2ccc(NC(=O)[C@@H]3CCCN3C(=O)[C@@H](NC(=O)OC)C(C)(C)C)cc2)c2ccccc2)cc1. The molecule has 0 spiro atoms. The number of benzene rings is 3. The number of methoxy groups -OCH3 is 2. The monoisotopic (exact) mass is 811 g/mol. The minimum absolute atomic E-state index is 0.279. The first-order valence-corrected chi connectivity index (χ1v) is 20.1. The van der Waals surface area contributed by atoms with Crippen molar-refractivity contribution in [1.29, 1.82) is 0 Å². The van der Waals surface area contributed by atoms with Crippen LogP contribution in [0.4, 0.5) is 26.7 Å². The topological polar surface area (TPSA) is 179 Å². The van der Waals surface area contributed by atoms with Crippen LogP contribution in [0.15, 0.2) is 78.9 Å². The number of nitrogens with zero attached hydrogens (tertiary/aromatic N) is 3. The van der Waals surface area contributed by atoms with Crippen molar-refractivity contribution in [2.24, 2.45) is 5.41 Å². The summed E-state index contributed by atoms with van der Waals surface area (Å²) in [6, 6.07) is 22.3. The highest BCUT2D eigenvalue weighted by atomic mass is 16.5. The molecule has 0 bridgehead atoms. The van der Waals surface area contributed by atoms with Crippen LogP contribution in [0.3, 0.4) is 0 Å². The van der Waals surface area contributed by atoms with Crippen LogP contribution in [0.25, 0.3) is 0 Å². The van der Waals surface area contributed by atoms with Crippen LogP contribution in [0, 0.1) is 5.41 Å². The van der Waals surface area contributed by atoms with E-state index >= 15 is 0 Å². The Morgan fingerprint density at radius 3 is 1.58 bits per heavy atom. The molecule has 0 aromatic heterocycles. The van der Waals surface area contributed by atoms with Gasteiger partial charge in [0.25, 0.3) is 0 Å². The van der Waals surface area contributed by atoms with Gasteiger partial charge in [0.15, 0.2) is 0 Å². The highest BCUT2D eigenvalue weighted by Gasteiger charge is 2.42. The lowest BCUT2D eigenvalue weighted by atomic mass is 9.85. The third kappa shape index (κ3) is 11.5. The standard InChI is InChI=1S/C44H57N7O8/c1-7-34(47-42(56)58-5)40(54)50-25-11-15-35(50)38(52)45-31-21-17-29(18-22-31)27-49(33-13-9-8-10-14-33)28-30-19-23-32(24-20-30)46-39(53)36-16-12-26-51(36)41(55)37(44(2,3)4)48-43(57)59-6/h8-10,13-14,17-24,34-37H,7,11-12,15-16,25-28H2,1-6H3,(H,45,52)(H,46,53)(H,47,56)(H,48,57)/t34-,35-,36-,37+/m0/s1. The van der Waals surface area contributed by atoms with Crippen molar-refractivity contribution >= 4 is 52.9 Å². The zero-order valence-electron chi connectivity index (χ0n) is 34.8. The van der Waals surface area contributed by atoms with Crippen molar-refractivity contribution < 1.29 is 38.2 Å². The molecule has 15 heteroatoms. The lowest BCUT2D eigenvalue weighted by molar-refractivity contribution is -0.140. The average Bonchev–Trinajstić information content (AvgIpc) is 3.94. The van der Waals surface area contributed by atoms with Gasteiger partial charge in [0.2, 0.25) is 23.6 Å². The molecule has 4 N–H and O–H groups in total. The number of carbonyl (C=O) groups is 6. The second-order valence-electron chi connectivity index (χ2n) is 16.0. The van der Waals surface area contributed by atoms with E-state index in [0.29, 0.717) is 69.7 Å². The minimum Gasteiger partial charge on any atom is -0.453 e. The van der Waals surface area contributed by atoms with Crippen molar-refractivity contribution in [1.82, 2.24) is 20.4 Å². The molecule has 2 fully saturated rings. The van der Waals surface area contributed by atoms with Crippen molar-refractivity contribution in [2.75, 3.05) is 42.8 Å². The Labute approximate surface area is 346 Å². The Bertz CT molecular complexity index is 1930. The maximum Gasteiger partial charge on any atom is 0.407 e. The van der Waals surface area contributed by atoms with E-state index in [2.05, 4.69) is 30.9 Å². The molecule has 3 aromatic carbocycles. The number of para-hydroxylation sites is 1. The molecule has 0 aliphatic carbocycles. The summed E-state index contributed by atoms with van der Waals surface area (Å²) in [6.07, 6.45) is 1.37. The van der Waals surface area contributed by atoms with Crippen LogP contribution in [-0.4, -0.2) is 97.1 Å². The van der Waals surface area contributed by atoms with Crippen molar-refractivity contribution in [3.05, 3.63) is 90.0 Å². The summed E-state index contributed by atoms with van der Waals surface area (Å²) in [6.45, 7) is 9.33. The molecule has 6 amide bonds. The van der Waals surface area contributed by atoms with Crippen LogP contribution in [-0.2, 0) is 41.7 Å². The first-order valence-electron chi connectivity index (χ1n) is 20.1. The number of nitrogens with one attached hydrogen (secondary N) is 4. The van der Waals surface area contributed by atoms with Crippen LogP contribution >= 0.6 is 0 Å². The molecule has 2 heterocycles. The average molecular weight is 812 g/mol. The minimum atomic E-state index is -0.862. The second-order valence-corrected chi connectivity index (χ2v) is 16.0. The Hall–Kier alpha value is -6.12. The van der Waals surface area contributed by atoms with Crippen LogP contribution in [0.5, 0.6) is 0 Å². The van der Waals surface area contributed by atoms with Crippen LogP contribution < -0.4 is 26.2 Å². The third-order valence-electron chi connectivity index (χ3n) is 10.7. The maximum absolute atomic E-state index is 13.6. The van der Waals surface area contributed by atoms with Gasteiger partial charge in [-0.15, -0.1) is 0 Å². The van der Waals surface area contributed by atoms with Gasteiger partial charge in [0.1, 0.15) is 24.2 Å². The van der Waals surface area contributed by atoms with Gasteiger partial charge >= 0.3 is 12.2 Å². The molecule has 15 nitrogen and oxygen atoms in total. The summed E-state index contributed by atoms with van der Waals surface area (Å²) >= 11 is 0. The number of hydrogen-bond acceptors (Lipinski definition) is 9. The normalized spacial score (nSPS) is 17.3. The number of anilines is 3. The predicted molar refractivity (Wildman–Crippen MR) is 224 cm³/mol. The summed E-state index contributed by atoms with van der Waals surface area (Å²) in [5.41, 5.74) is 3.65. The zero-order chi connectivity index (χ0) is 42.7. The van der Waals surface area contributed by atoms with Gasteiger partial charge in [-0.3, -0.25) is 19.2 Å². The lowest BCUT2D eigenvalue weighted by Crippen LogP contribution is -2.57. The van der Waals surface area contributed by atoms with Crippen molar-refractivity contribution in [3.8, 4) is 0 Å². The fourth-order valence-electron chi connectivity index (χ4n) is 7.49. The number of carbonyl (C=O) groups excluding carboxylic acids is 6. The molecule has 5 rings (SSSR count). The van der Waals surface area contributed by atoms with E-state index in [1.165, 1.54) is 19.1 Å². The molecule has 59 heavy (non-hydrogen) atoms. The molecule has 4 atom stereocenters. The molecular formula is C44H57N7O8. The smallest absolute Gasteiger partial charge is 0.407 e. The molecule has 0 saturated carbocycles. The number of hydrogen-bond donors (Lipinski definition) is 4. The Kier molecular flexibility index (Phi) is 14.9. The molecule has 2 aliphatic rings. The summed E-state index contributed by atoms with van der Waals surface area (Å²) < 4.78 is 9.41. The number of amides is 6. The van der Waals surface area contributed by atoms with Gasteiger partial charge in [-0.1, -0.05) is 70.2 Å². The van der Waals surface area contributed by atoms with E-state index in [4.69, 9.17) is 4.74 Å². The molecule has 2 saturated heterocycles.